The maximum absolute atomic E-state index is 12.2. The summed E-state index contributed by atoms with van der Waals surface area (Å²) in [4.78, 5) is 14.2. The lowest BCUT2D eigenvalue weighted by Gasteiger charge is -2.19. The van der Waals surface area contributed by atoms with E-state index in [0.717, 1.165) is 54.2 Å². The molecule has 2 aliphatic rings. The highest BCUT2D eigenvalue weighted by molar-refractivity contribution is 5.79. The van der Waals surface area contributed by atoms with Crippen molar-refractivity contribution in [2.24, 2.45) is 0 Å². The summed E-state index contributed by atoms with van der Waals surface area (Å²) in [5, 5.41) is 3.41. The molecule has 1 fully saturated rings. The van der Waals surface area contributed by atoms with Crippen molar-refractivity contribution in [1.29, 1.82) is 0 Å². The summed E-state index contributed by atoms with van der Waals surface area (Å²) in [7, 11) is 0. The van der Waals surface area contributed by atoms with Gasteiger partial charge in [0, 0.05) is 25.3 Å². The fourth-order valence-corrected chi connectivity index (χ4v) is 3.40. The number of hydrogen-bond donors (Lipinski definition) is 1. The highest BCUT2D eigenvalue weighted by Crippen LogP contribution is 2.31. The van der Waals surface area contributed by atoms with E-state index in [2.05, 4.69) is 5.32 Å². The molecule has 2 aromatic rings. The standard InChI is InChI=1S/C21H24N2O3/c24-21(23-9-1-2-10-23)14-16-3-6-18(7-4-16)22-15-17-5-8-19-20(13-17)26-12-11-25-19/h3-8,13,22H,1-2,9-12,14-15H2. The number of benzene rings is 2. The van der Waals surface area contributed by atoms with Crippen molar-refractivity contribution in [3.8, 4) is 11.5 Å². The molecule has 26 heavy (non-hydrogen) atoms. The Morgan fingerprint density at radius 3 is 2.38 bits per heavy atom. The van der Waals surface area contributed by atoms with Gasteiger partial charge in [-0.2, -0.15) is 0 Å². The van der Waals surface area contributed by atoms with Crippen molar-refractivity contribution >= 4 is 11.6 Å². The molecule has 5 nitrogen and oxygen atoms in total. The first kappa shape index (κ1) is 16.8. The number of likely N-dealkylation sites (tertiary alicyclic amines) is 1. The lowest BCUT2D eigenvalue weighted by Crippen LogP contribution is -2.29. The average molecular weight is 352 g/mol. The lowest BCUT2D eigenvalue weighted by atomic mass is 10.1. The molecule has 1 saturated heterocycles. The van der Waals surface area contributed by atoms with E-state index in [9.17, 15) is 4.79 Å². The van der Waals surface area contributed by atoms with E-state index < -0.39 is 0 Å². The van der Waals surface area contributed by atoms with E-state index in [0.29, 0.717) is 26.2 Å². The Hall–Kier alpha value is -2.69. The van der Waals surface area contributed by atoms with Gasteiger partial charge in [0.15, 0.2) is 11.5 Å². The number of carbonyl (C=O) groups is 1. The Labute approximate surface area is 153 Å². The summed E-state index contributed by atoms with van der Waals surface area (Å²) in [6, 6.07) is 14.1. The Bertz CT molecular complexity index is 767. The Morgan fingerprint density at radius 2 is 1.62 bits per heavy atom. The Balaban J connectivity index is 1.32. The van der Waals surface area contributed by atoms with Crippen LogP contribution in [0.25, 0.3) is 0 Å². The molecule has 5 heteroatoms. The predicted octanol–water partition coefficient (Wildman–Crippen LogP) is 3.23. The molecule has 0 unspecified atom stereocenters. The lowest BCUT2D eigenvalue weighted by molar-refractivity contribution is -0.129. The molecule has 4 rings (SSSR count). The highest BCUT2D eigenvalue weighted by Gasteiger charge is 2.17. The summed E-state index contributed by atoms with van der Waals surface area (Å²) < 4.78 is 11.2. The van der Waals surface area contributed by atoms with Crippen LogP contribution < -0.4 is 14.8 Å². The van der Waals surface area contributed by atoms with Crippen LogP contribution >= 0.6 is 0 Å². The molecule has 0 atom stereocenters. The molecule has 136 valence electrons. The van der Waals surface area contributed by atoms with E-state index in [1.165, 1.54) is 0 Å². The van der Waals surface area contributed by atoms with Gasteiger partial charge in [-0.3, -0.25) is 4.79 Å². The van der Waals surface area contributed by atoms with E-state index in [1.54, 1.807) is 0 Å². The van der Waals surface area contributed by atoms with Crippen molar-refractivity contribution in [2.45, 2.75) is 25.8 Å². The first-order chi connectivity index (χ1) is 12.8. The molecule has 0 saturated carbocycles. The van der Waals surface area contributed by atoms with Crippen LogP contribution in [0.15, 0.2) is 42.5 Å². The second-order valence-corrected chi connectivity index (χ2v) is 6.79. The molecule has 0 bridgehead atoms. The largest absolute Gasteiger partial charge is 0.486 e. The van der Waals surface area contributed by atoms with Gasteiger partial charge in [-0.1, -0.05) is 18.2 Å². The first-order valence-corrected chi connectivity index (χ1v) is 9.27. The Morgan fingerprint density at radius 1 is 0.923 bits per heavy atom. The third-order valence-electron chi connectivity index (χ3n) is 4.87. The van der Waals surface area contributed by atoms with Crippen LogP contribution in [0.3, 0.4) is 0 Å². The van der Waals surface area contributed by atoms with Crippen molar-refractivity contribution in [2.75, 3.05) is 31.6 Å². The molecule has 2 aliphatic heterocycles. The molecular formula is C21H24N2O3. The van der Waals surface area contributed by atoms with Gasteiger partial charge in [-0.05, 0) is 48.2 Å². The minimum atomic E-state index is 0.236. The Kier molecular flexibility index (Phi) is 4.95. The summed E-state index contributed by atoms with van der Waals surface area (Å²) >= 11 is 0. The zero-order chi connectivity index (χ0) is 17.8. The SMILES string of the molecule is O=C(Cc1ccc(NCc2ccc3c(c2)OCCO3)cc1)N1CCCC1. The summed E-state index contributed by atoms with van der Waals surface area (Å²) in [6.45, 7) is 3.74. The number of ether oxygens (including phenoxy) is 2. The quantitative estimate of drug-likeness (QED) is 0.898. The number of amides is 1. The van der Waals surface area contributed by atoms with Crippen molar-refractivity contribution in [3.63, 3.8) is 0 Å². The molecular weight excluding hydrogens is 328 g/mol. The molecule has 2 heterocycles. The van der Waals surface area contributed by atoms with Gasteiger partial charge in [0.1, 0.15) is 13.2 Å². The average Bonchev–Trinajstić information content (AvgIpc) is 3.22. The van der Waals surface area contributed by atoms with Crippen LogP contribution in [0.2, 0.25) is 0 Å². The van der Waals surface area contributed by atoms with Gasteiger partial charge in [0.05, 0.1) is 6.42 Å². The van der Waals surface area contributed by atoms with Gasteiger partial charge in [-0.25, -0.2) is 0 Å². The molecule has 0 aromatic heterocycles. The smallest absolute Gasteiger partial charge is 0.226 e. The zero-order valence-electron chi connectivity index (χ0n) is 14.9. The minimum absolute atomic E-state index is 0.236. The number of anilines is 1. The number of nitrogens with zero attached hydrogens (tertiary/aromatic N) is 1. The van der Waals surface area contributed by atoms with Crippen molar-refractivity contribution in [1.82, 2.24) is 4.90 Å². The van der Waals surface area contributed by atoms with Crippen molar-refractivity contribution < 1.29 is 14.3 Å². The maximum Gasteiger partial charge on any atom is 0.226 e. The van der Waals surface area contributed by atoms with Gasteiger partial charge in [0.2, 0.25) is 5.91 Å². The molecule has 1 N–H and O–H groups in total. The molecule has 2 aromatic carbocycles. The van der Waals surface area contributed by atoms with Crippen LogP contribution in [-0.2, 0) is 17.8 Å². The molecule has 0 aliphatic carbocycles. The number of rotatable bonds is 5. The van der Waals surface area contributed by atoms with E-state index in [-0.39, 0.29) is 5.91 Å². The second kappa shape index (κ2) is 7.68. The van der Waals surface area contributed by atoms with Crippen LogP contribution in [0.5, 0.6) is 11.5 Å². The summed E-state index contributed by atoms with van der Waals surface area (Å²) in [5.41, 5.74) is 3.24. The van der Waals surface area contributed by atoms with Gasteiger partial charge in [-0.15, -0.1) is 0 Å². The molecule has 0 spiro atoms. The minimum Gasteiger partial charge on any atom is -0.486 e. The van der Waals surface area contributed by atoms with Crippen LogP contribution in [0.4, 0.5) is 5.69 Å². The third kappa shape index (κ3) is 3.93. The fraction of sp³-hybridized carbons (Fsp3) is 0.381. The number of carbonyl (C=O) groups excluding carboxylic acids is 1. The van der Waals surface area contributed by atoms with Crippen LogP contribution in [0.1, 0.15) is 24.0 Å². The highest BCUT2D eigenvalue weighted by atomic mass is 16.6. The number of hydrogen-bond acceptors (Lipinski definition) is 4. The van der Waals surface area contributed by atoms with Crippen LogP contribution in [0, 0.1) is 0 Å². The normalized spacial score (nSPS) is 15.8. The zero-order valence-corrected chi connectivity index (χ0v) is 14.9. The summed E-state index contributed by atoms with van der Waals surface area (Å²) in [6.07, 6.45) is 2.76. The first-order valence-electron chi connectivity index (χ1n) is 9.27. The van der Waals surface area contributed by atoms with Gasteiger partial charge < -0.3 is 19.7 Å². The van der Waals surface area contributed by atoms with E-state index >= 15 is 0 Å². The topological polar surface area (TPSA) is 50.8 Å². The maximum atomic E-state index is 12.2. The van der Waals surface area contributed by atoms with E-state index in [1.807, 2.05) is 47.4 Å². The number of fused-ring (bicyclic) bond motifs is 1. The number of nitrogens with one attached hydrogen (secondary N) is 1. The van der Waals surface area contributed by atoms with Gasteiger partial charge in [0.25, 0.3) is 0 Å². The summed E-state index contributed by atoms with van der Waals surface area (Å²) in [5.74, 6) is 1.86. The van der Waals surface area contributed by atoms with Crippen molar-refractivity contribution in [3.05, 3.63) is 53.6 Å². The third-order valence-corrected chi connectivity index (χ3v) is 4.87. The molecule has 0 radical (unpaired) electrons. The van der Waals surface area contributed by atoms with Gasteiger partial charge >= 0.3 is 0 Å². The van der Waals surface area contributed by atoms with Crippen LogP contribution in [-0.4, -0.2) is 37.1 Å². The monoisotopic (exact) mass is 352 g/mol. The fourth-order valence-electron chi connectivity index (χ4n) is 3.40. The predicted molar refractivity (Wildman–Crippen MR) is 101 cm³/mol. The van der Waals surface area contributed by atoms with E-state index in [4.69, 9.17) is 9.47 Å². The second-order valence-electron chi connectivity index (χ2n) is 6.79. The molecule has 1 amide bonds.